The second kappa shape index (κ2) is 4.56. The van der Waals surface area contributed by atoms with Crippen LogP contribution in [-0.2, 0) is 6.54 Å². The molecule has 0 spiro atoms. The molecule has 2 N–H and O–H groups in total. The van der Waals surface area contributed by atoms with Crippen LogP contribution in [0.3, 0.4) is 0 Å². The Kier molecular flexibility index (Phi) is 3.13. The number of hydrogen-bond donors (Lipinski definition) is 1. The van der Waals surface area contributed by atoms with E-state index < -0.39 is 0 Å². The Morgan fingerprint density at radius 1 is 1.38 bits per heavy atom. The van der Waals surface area contributed by atoms with Crippen LogP contribution in [0.5, 0.6) is 0 Å². The van der Waals surface area contributed by atoms with Crippen molar-refractivity contribution in [1.82, 2.24) is 4.90 Å². The number of nitrogens with two attached hydrogens (primary N) is 1. The number of nitrogen functional groups attached to an aromatic ring is 1. The molecule has 0 fully saturated rings. The van der Waals surface area contributed by atoms with Crippen molar-refractivity contribution in [1.29, 1.82) is 0 Å². The third kappa shape index (κ3) is 1.90. The molecule has 1 aliphatic heterocycles. The van der Waals surface area contributed by atoms with E-state index in [4.69, 9.17) is 5.73 Å². The lowest BCUT2D eigenvalue weighted by Gasteiger charge is -2.14. The zero-order valence-electron chi connectivity index (χ0n) is 9.70. The van der Waals surface area contributed by atoms with Gasteiger partial charge in [-0.1, -0.05) is 25.8 Å². The normalized spacial score (nSPS) is 14.3. The smallest absolute Gasteiger partial charge is 0.254 e. The number of nitrogens with zero attached hydrogens (tertiary/aromatic N) is 1. The first-order valence-corrected chi connectivity index (χ1v) is 5.90. The van der Waals surface area contributed by atoms with Crippen LogP contribution in [0.1, 0.15) is 42.1 Å². The third-order valence-corrected chi connectivity index (χ3v) is 3.11. The molecular weight excluding hydrogens is 200 g/mol. The summed E-state index contributed by atoms with van der Waals surface area (Å²) in [6.45, 7) is 3.70. The van der Waals surface area contributed by atoms with Gasteiger partial charge in [0.05, 0.1) is 0 Å². The van der Waals surface area contributed by atoms with Gasteiger partial charge >= 0.3 is 0 Å². The Hall–Kier alpha value is -1.51. The maximum atomic E-state index is 12.0. The van der Waals surface area contributed by atoms with Gasteiger partial charge in [0, 0.05) is 29.9 Å². The summed E-state index contributed by atoms with van der Waals surface area (Å²) in [7, 11) is 0. The van der Waals surface area contributed by atoms with Crippen molar-refractivity contribution in [3.63, 3.8) is 0 Å². The van der Waals surface area contributed by atoms with E-state index in [-0.39, 0.29) is 5.91 Å². The predicted octanol–water partition coefficient (Wildman–Crippen LogP) is 2.41. The Balaban J connectivity index is 2.09. The van der Waals surface area contributed by atoms with Gasteiger partial charge in [0.2, 0.25) is 0 Å². The fraction of sp³-hybridized carbons (Fsp3) is 0.462. The molecule has 0 aromatic heterocycles. The predicted molar refractivity (Wildman–Crippen MR) is 65.1 cm³/mol. The summed E-state index contributed by atoms with van der Waals surface area (Å²) < 4.78 is 0. The van der Waals surface area contributed by atoms with E-state index in [1.54, 1.807) is 0 Å². The van der Waals surface area contributed by atoms with Crippen molar-refractivity contribution < 1.29 is 4.79 Å². The number of unbranched alkanes of at least 4 members (excludes halogenated alkanes) is 2. The highest BCUT2D eigenvalue weighted by atomic mass is 16.2. The van der Waals surface area contributed by atoms with Crippen molar-refractivity contribution in [2.24, 2.45) is 0 Å². The number of rotatable bonds is 4. The minimum atomic E-state index is 0.137. The summed E-state index contributed by atoms with van der Waals surface area (Å²) in [6.07, 6.45) is 3.43. The van der Waals surface area contributed by atoms with Crippen molar-refractivity contribution in [2.75, 3.05) is 12.3 Å². The number of hydrogen-bond acceptors (Lipinski definition) is 2. The Morgan fingerprint density at radius 2 is 2.19 bits per heavy atom. The molecule has 0 atom stereocenters. The highest BCUT2D eigenvalue weighted by molar-refractivity contribution is 5.99. The largest absolute Gasteiger partial charge is 0.398 e. The van der Waals surface area contributed by atoms with E-state index in [9.17, 15) is 4.79 Å². The number of carbonyl (C=O) groups excluding carboxylic acids is 1. The standard InChI is InChI=1S/C13H18N2O/c1-2-3-4-8-15-9-11-10(13(15)16)6-5-7-12(11)14/h5-7H,2-4,8-9,14H2,1H3. The lowest BCUT2D eigenvalue weighted by Crippen LogP contribution is -2.24. The molecule has 1 heterocycles. The van der Waals surface area contributed by atoms with Crippen LogP contribution >= 0.6 is 0 Å². The molecule has 0 saturated heterocycles. The van der Waals surface area contributed by atoms with Gasteiger partial charge in [-0.25, -0.2) is 0 Å². The quantitative estimate of drug-likeness (QED) is 0.623. The fourth-order valence-corrected chi connectivity index (χ4v) is 2.15. The molecule has 2 rings (SSSR count). The molecule has 0 radical (unpaired) electrons. The summed E-state index contributed by atoms with van der Waals surface area (Å²) in [4.78, 5) is 13.9. The Labute approximate surface area is 96.2 Å². The molecular formula is C13H18N2O. The Morgan fingerprint density at radius 3 is 2.88 bits per heavy atom. The number of anilines is 1. The molecule has 1 aromatic rings. The minimum absolute atomic E-state index is 0.137. The average Bonchev–Trinajstić information content (AvgIpc) is 2.59. The monoisotopic (exact) mass is 218 g/mol. The average molecular weight is 218 g/mol. The van der Waals surface area contributed by atoms with E-state index in [1.165, 1.54) is 12.8 Å². The molecule has 3 nitrogen and oxygen atoms in total. The molecule has 0 saturated carbocycles. The second-order valence-electron chi connectivity index (χ2n) is 4.31. The van der Waals surface area contributed by atoms with Crippen molar-refractivity contribution in [3.8, 4) is 0 Å². The zero-order chi connectivity index (χ0) is 11.5. The van der Waals surface area contributed by atoms with Crippen LogP contribution < -0.4 is 5.73 Å². The molecule has 1 aliphatic rings. The number of carbonyl (C=O) groups is 1. The molecule has 1 aromatic carbocycles. The first kappa shape index (κ1) is 11.0. The van der Waals surface area contributed by atoms with Gasteiger partial charge in [0.1, 0.15) is 0 Å². The van der Waals surface area contributed by atoms with Crippen molar-refractivity contribution in [3.05, 3.63) is 29.3 Å². The van der Waals surface area contributed by atoms with E-state index in [0.29, 0.717) is 6.54 Å². The number of fused-ring (bicyclic) bond motifs is 1. The van der Waals surface area contributed by atoms with Gasteiger partial charge in [-0.2, -0.15) is 0 Å². The first-order chi connectivity index (χ1) is 7.74. The second-order valence-corrected chi connectivity index (χ2v) is 4.31. The molecule has 0 bridgehead atoms. The van der Waals surface area contributed by atoms with Gasteiger partial charge in [-0.05, 0) is 18.6 Å². The van der Waals surface area contributed by atoms with E-state index in [2.05, 4.69) is 6.92 Å². The fourth-order valence-electron chi connectivity index (χ4n) is 2.15. The first-order valence-electron chi connectivity index (χ1n) is 5.90. The summed E-state index contributed by atoms with van der Waals surface area (Å²) >= 11 is 0. The van der Waals surface area contributed by atoms with Gasteiger partial charge in [-0.15, -0.1) is 0 Å². The van der Waals surface area contributed by atoms with Crippen LogP contribution in [0.2, 0.25) is 0 Å². The maximum absolute atomic E-state index is 12.0. The van der Waals surface area contributed by atoms with E-state index in [1.807, 2.05) is 23.1 Å². The summed E-state index contributed by atoms with van der Waals surface area (Å²) in [5, 5.41) is 0. The Bertz CT molecular complexity index is 401. The van der Waals surface area contributed by atoms with Crippen LogP contribution in [-0.4, -0.2) is 17.4 Å². The van der Waals surface area contributed by atoms with E-state index >= 15 is 0 Å². The third-order valence-electron chi connectivity index (χ3n) is 3.11. The molecule has 16 heavy (non-hydrogen) atoms. The maximum Gasteiger partial charge on any atom is 0.254 e. The molecule has 1 amide bonds. The lowest BCUT2D eigenvalue weighted by molar-refractivity contribution is 0.0776. The van der Waals surface area contributed by atoms with Crippen LogP contribution in [0.4, 0.5) is 5.69 Å². The van der Waals surface area contributed by atoms with Gasteiger partial charge in [0.15, 0.2) is 0 Å². The topological polar surface area (TPSA) is 46.3 Å². The minimum Gasteiger partial charge on any atom is -0.398 e. The number of benzene rings is 1. The van der Waals surface area contributed by atoms with Gasteiger partial charge < -0.3 is 10.6 Å². The molecule has 0 unspecified atom stereocenters. The lowest BCUT2D eigenvalue weighted by atomic mass is 10.1. The van der Waals surface area contributed by atoms with Crippen LogP contribution in [0.15, 0.2) is 18.2 Å². The molecule has 0 aliphatic carbocycles. The SMILES string of the molecule is CCCCCN1Cc2c(N)cccc2C1=O. The highest BCUT2D eigenvalue weighted by Crippen LogP contribution is 2.27. The number of amides is 1. The molecule has 86 valence electrons. The van der Waals surface area contributed by atoms with E-state index in [0.717, 1.165) is 29.8 Å². The summed E-state index contributed by atoms with van der Waals surface area (Å²) in [6, 6.07) is 5.58. The highest BCUT2D eigenvalue weighted by Gasteiger charge is 2.27. The summed E-state index contributed by atoms with van der Waals surface area (Å²) in [5.41, 5.74) is 8.40. The molecule has 3 heteroatoms. The zero-order valence-corrected chi connectivity index (χ0v) is 9.70. The van der Waals surface area contributed by atoms with Crippen LogP contribution in [0.25, 0.3) is 0 Å². The van der Waals surface area contributed by atoms with Gasteiger partial charge in [0.25, 0.3) is 5.91 Å². The van der Waals surface area contributed by atoms with Gasteiger partial charge in [-0.3, -0.25) is 4.79 Å². The summed E-state index contributed by atoms with van der Waals surface area (Å²) in [5.74, 6) is 0.137. The van der Waals surface area contributed by atoms with Crippen molar-refractivity contribution in [2.45, 2.75) is 32.7 Å². The van der Waals surface area contributed by atoms with Crippen LogP contribution in [0, 0.1) is 0 Å². The van der Waals surface area contributed by atoms with Crippen molar-refractivity contribution >= 4 is 11.6 Å².